The first kappa shape index (κ1) is 36.1. The van der Waals surface area contributed by atoms with Crippen molar-refractivity contribution in [2.45, 2.75) is 43.0 Å². The van der Waals surface area contributed by atoms with Crippen LogP contribution in [0.4, 0.5) is 22.0 Å². The Morgan fingerprint density at radius 2 is 1.43 bits per heavy atom. The van der Waals surface area contributed by atoms with Crippen LogP contribution in [0.25, 0.3) is 11.1 Å². The van der Waals surface area contributed by atoms with Crippen molar-refractivity contribution in [1.82, 2.24) is 5.32 Å². The van der Waals surface area contributed by atoms with Gasteiger partial charge in [-0.2, -0.15) is 0 Å². The van der Waals surface area contributed by atoms with Crippen molar-refractivity contribution < 1.29 is 46.1 Å². The summed E-state index contributed by atoms with van der Waals surface area (Å²) in [7, 11) is 1.63. The Hall–Kier alpha value is -4.75. The highest BCUT2D eigenvalue weighted by atomic mass is 32.2. The Labute approximate surface area is 295 Å². The van der Waals surface area contributed by atoms with Crippen molar-refractivity contribution in [3.63, 3.8) is 0 Å². The first-order valence-electron chi connectivity index (χ1n) is 15.9. The summed E-state index contributed by atoms with van der Waals surface area (Å²) < 4.78 is 87.8. The lowest BCUT2D eigenvalue weighted by atomic mass is 9.97. The molecule has 0 aromatic heterocycles. The van der Waals surface area contributed by atoms with E-state index in [0.29, 0.717) is 23.3 Å². The smallest absolute Gasteiger partial charge is 0.257 e. The molecule has 1 aliphatic rings. The molecule has 1 amide bonds. The highest BCUT2D eigenvalue weighted by Gasteiger charge is 2.33. The molecule has 51 heavy (non-hydrogen) atoms. The Morgan fingerprint density at radius 1 is 0.804 bits per heavy atom. The number of methoxy groups -OCH3 is 1. The molecule has 6 nitrogen and oxygen atoms in total. The summed E-state index contributed by atoms with van der Waals surface area (Å²) in [6.07, 6.45) is -0.599. The molecule has 1 fully saturated rings. The SMILES string of the molecule is COc1ccccc1SC[C@@H]1C[C@H](c2ccc(CO)cc2)O[C@H](c2ccc(-c3ccccc3CNC(=O)c3c(F)c(F)c(F)c(F)c3F)cc2)O1. The van der Waals surface area contributed by atoms with Gasteiger partial charge in [0.1, 0.15) is 11.3 Å². The molecule has 5 aromatic rings. The van der Waals surface area contributed by atoms with Gasteiger partial charge in [-0.1, -0.05) is 84.9 Å². The number of thioether (sulfide) groups is 1. The number of benzene rings is 5. The first-order valence-corrected chi connectivity index (χ1v) is 16.9. The summed E-state index contributed by atoms with van der Waals surface area (Å²) in [4.78, 5) is 13.6. The number of halogens is 5. The maximum absolute atomic E-state index is 14.2. The van der Waals surface area contributed by atoms with Gasteiger partial charge >= 0.3 is 0 Å². The summed E-state index contributed by atoms with van der Waals surface area (Å²) in [6, 6.07) is 29.6. The number of ether oxygens (including phenoxy) is 3. The molecule has 3 atom stereocenters. The van der Waals surface area contributed by atoms with E-state index in [1.165, 1.54) is 0 Å². The van der Waals surface area contributed by atoms with Crippen LogP contribution in [0.2, 0.25) is 0 Å². The third-order valence-corrected chi connectivity index (χ3v) is 9.68. The number of carbonyl (C=O) groups excluding carboxylic acids is 1. The Kier molecular flexibility index (Phi) is 11.4. The van der Waals surface area contributed by atoms with Gasteiger partial charge in [0.05, 0.1) is 25.9 Å². The van der Waals surface area contributed by atoms with E-state index in [4.69, 9.17) is 14.2 Å². The molecule has 0 spiro atoms. The van der Waals surface area contributed by atoms with E-state index in [0.717, 1.165) is 32.9 Å². The Morgan fingerprint density at radius 3 is 2.12 bits per heavy atom. The van der Waals surface area contributed by atoms with Gasteiger partial charge in [-0.15, -0.1) is 11.8 Å². The van der Waals surface area contributed by atoms with Crippen molar-refractivity contribution in [3.8, 4) is 16.9 Å². The minimum atomic E-state index is -2.34. The molecular formula is C39H32F5NO5S. The normalized spacial score (nSPS) is 17.3. The van der Waals surface area contributed by atoms with Crippen LogP contribution in [-0.2, 0) is 22.6 Å². The van der Waals surface area contributed by atoms with Crippen molar-refractivity contribution in [1.29, 1.82) is 0 Å². The number of aliphatic hydroxyl groups excluding tert-OH is 1. The molecule has 0 aliphatic carbocycles. The minimum Gasteiger partial charge on any atom is -0.496 e. The van der Waals surface area contributed by atoms with Gasteiger partial charge in [0.25, 0.3) is 5.91 Å². The van der Waals surface area contributed by atoms with Gasteiger partial charge < -0.3 is 24.6 Å². The fourth-order valence-corrected chi connectivity index (χ4v) is 6.84. The summed E-state index contributed by atoms with van der Waals surface area (Å²) in [5.74, 6) is -11.2. The van der Waals surface area contributed by atoms with Gasteiger partial charge in [-0.05, 0) is 39.9 Å². The molecule has 1 aliphatic heterocycles. The highest BCUT2D eigenvalue weighted by molar-refractivity contribution is 7.99. The molecule has 12 heteroatoms. The van der Waals surface area contributed by atoms with Crippen LogP contribution in [-0.4, -0.2) is 30.0 Å². The number of amides is 1. The molecule has 5 aromatic carbocycles. The molecule has 264 valence electrons. The van der Waals surface area contributed by atoms with Crippen LogP contribution in [0.1, 0.15) is 51.4 Å². The molecule has 1 saturated heterocycles. The number of hydrogen-bond donors (Lipinski definition) is 2. The monoisotopic (exact) mass is 721 g/mol. The van der Waals surface area contributed by atoms with Crippen molar-refractivity contribution >= 4 is 17.7 Å². The van der Waals surface area contributed by atoms with Crippen LogP contribution >= 0.6 is 11.8 Å². The Balaban J connectivity index is 1.20. The van der Waals surface area contributed by atoms with Crippen molar-refractivity contribution in [3.05, 3.63) is 154 Å². The van der Waals surface area contributed by atoms with E-state index in [-0.39, 0.29) is 25.4 Å². The van der Waals surface area contributed by atoms with Crippen LogP contribution in [0.3, 0.4) is 0 Å². The van der Waals surface area contributed by atoms with Gasteiger partial charge in [0, 0.05) is 29.2 Å². The predicted molar refractivity (Wildman–Crippen MR) is 181 cm³/mol. The number of rotatable bonds is 11. The molecule has 0 bridgehead atoms. The zero-order valence-corrected chi connectivity index (χ0v) is 28.0. The minimum absolute atomic E-state index is 0.0666. The maximum Gasteiger partial charge on any atom is 0.257 e. The zero-order chi connectivity index (χ0) is 36.1. The van der Waals surface area contributed by atoms with E-state index in [2.05, 4.69) is 5.32 Å². The third kappa shape index (κ3) is 7.94. The van der Waals surface area contributed by atoms with Gasteiger partial charge in [-0.3, -0.25) is 4.79 Å². The van der Waals surface area contributed by atoms with Gasteiger partial charge in [0.15, 0.2) is 29.6 Å². The largest absolute Gasteiger partial charge is 0.496 e. The number of aliphatic hydroxyl groups is 1. The third-order valence-electron chi connectivity index (χ3n) is 8.50. The second-order valence-electron chi connectivity index (χ2n) is 11.7. The van der Waals surface area contributed by atoms with E-state index >= 15 is 0 Å². The van der Waals surface area contributed by atoms with Crippen LogP contribution in [0, 0.1) is 29.1 Å². The zero-order valence-electron chi connectivity index (χ0n) is 27.2. The first-order chi connectivity index (χ1) is 24.7. The van der Waals surface area contributed by atoms with Gasteiger partial charge in [0.2, 0.25) is 5.82 Å². The predicted octanol–water partition coefficient (Wildman–Crippen LogP) is 8.82. The molecular weight excluding hydrogens is 689 g/mol. The summed E-state index contributed by atoms with van der Waals surface area (Å²) >= 11 is 1.62. The van der Waals surface area contributed by atoms with E-state index < -0.39 is 46.8 Å². The van der Waals surface area contributed by atoms with Gasteiger partial charge in [-0.25, -0.2) is 22.0 Å². The second-order valence-corrected chi connectivity index (χ2v) is 12.8. The van der Waals surface area contributed by atoms with E-state index in [1.54, 1.807) is 43.1 Å². The topological polar surface area (TPSA) is 77.0 Å². The standard InChI is InChI=1S/C39H32F5NO5S/c1-48-29-8-4-5-9-31(29)51-21-27-18-30(24-12-10-22(20-46)11-13-24)50-39(49-27)25-16-14-23(15-17-25)28-7-3-2-6-26(28)19-45-38(47)32-33(40)35(42)37(44)36(43)34(32)41/h2-17,27,30,39,46H,18-21H2,1H3,(H,45,47)/t27-,30+,39+/m0/s1. The Bertz CT molecular complexity index is 1980. The lowest BCUT2D eigenvalue weighted by Gasteiger charge is -2.36. The summed E-state index contributed by atoms with van der Waals surface area (Å²) in [6.45, 7) is -0.323. The average molecular weight is 722 g/mol. The summed E-state index contributed by atoms with van der Waals surface area (Å²) in [5.41, 5.74) is 2.87. The molecule has 6 rings (SSSR count). The number of nitrogens with one attached hydrogen (secondary N) is 1. The van der Waals surface area contributed by atoms with Crippen molar-refractivity contribution in [2.24, 2.45) is 0 Å². The van der Waals surface area contributed by atoms with Crippen LogP contribution in [0.5, 0.6) is 5.75 Å². The molecule has 0 radical (unpaired) electrons. The van der Waals surface area contributed by atoms with Crippen molar-refractivity contribution in [2.75, 3.05) is 12.9 Å². The second kappa shape index (κ2) is 16.1. The van der Waals surface area contributed by atoms with E-state index in [9.17, 15) is 31.9 Å². The quantitative estimate of drug-likeness (QED) is 0.0615. The molecule has 0 saturated carbocycles. The lowest BCUT2D eigenvalue weighted by molar-refractivity contribution is -0.245. The lowest BCUT2D eigenvalue weighted by Crippen LogP contribution is -2.31. The number of para-hydroxylation sites is 1. The highest BCUT2D eigenvalue weighted by Crippen LogP contribution is 2.41. The van der Waals surface area contributed by atoms with E-state index in [1.807, 2.05) is 72.8 Å². The molecule has 2 N–H and O–H groups in total. The molecule has 1 heterocycles. The average Bonchev–Trinajstić information content (AvgIpc) is 3.18. The molecule has 0 unspecified atom stereocenters. The van der Waals surface area contributed by atoms with Crippen LogP contribution in [0.15, 0.2) is 102 Å². The maximum atomic E-state index is 14.2. The number of carbonyl (C=O) groups is 1. The summed E-state index contributed by atoms with van der Waals surface area (Å²) in [5, 5.41) is 11.8. The number of hydrogen-bond acceptors (Lipinski definition) is 6. The van der Waals surface area contributed by atoms with Crippen LogP contribution < -0.4 is 10.1 Å². The fourth-order valence-electron chi connectivity index (χ4n) is 5.79. The fraction of sp³-hybridized carbons (Fsp3) is 0.205.